The first-order valence-corrected chi connectivity index (χ1v) is 6.91. The minimum absolute atomic E-state index is 0.195. The molecular formula is C19H16O. The zero-order valence-corrected chi connectivity index (χ0v) is 11.5. The number of hydrogen-bond donors (Lipinski definition) is 0. The van der Waals surface area contributed by atoms with Crippen molar-refractivity contribution in [3.63, 3.8) is 0 Å². The SMILES string of the molecule is CCC(=O)c1cccc2c(-c3ccccc3)cccc12. The van der Waals surface area contributed by atoms with E-state index in [0.29, 0.717) is 6.42 Å². The molecule has 0 atom stereocenters. The van der Waals surface area contributed by atoms with Gasteiger partial charge in [0.1, 0.15) is 0 Å². The zero-order chi connectivity index (χ0) is 13.9. The Labute approximate surface area is 118 Å². The van der Waals surface area contributed by atoms with Crippen LogP contribution in [0.3, 0.4) is 0 Å². The molecule has 3 aromatic carbocycles. The van der Waals surface area contributed by atoms with Crippen molar-refractivity contribution in [1.29, 1.82) is 0 Å². The number of carbonyl (C=O) groups excluding carboxylic acids is 1. The van der Waals surface area contributed by atoms with Crippen LogP contribution in [0.15, 0.2) is 66.7 Å². The van der Waals surface area contributed by atoms with Gasteiger partial charge < -0.3 is 0 Å². The van der Waals surface area contributed by atoms with Crippen LogP contribution >= 0.6 is 0 Å². The highest BCUT2D eigenvalue weighted by Gasteiger charge is 2.10. The van der Waals surface area contributed by atoms with Crippen LogP contribution in [0.25, 0.3) is 21.9 Å². The van der Waals surface area contributed by atoms with E-state index in [1.54, 1.807) is 0 Å². The van der Waals surface area contributed by atoms with Crippen molar-refractivity contribution in [2.45, 2.75) is 13.3 Å². The molecule has 0 saturated carbocycles. The third-order valence-electron chi connectivity index (χ3n) is 3.63. The number of ketones is 1. The predicted molar refractivity (Wildman–Crippen MR) is 84.0 cm³/mol. The van der Waals surface area contributed by atoms with E-state index in [-0.39, 0.29) is 5.78 Å². The summed E-state index contributed by atoms with van der Waals surface area (Å²) in [6.45, 7) is 1.90. The van der Waals surface area contributed by atoms with Gasteiger partial charge in [-0.3, -0.25) is 4.79 Å². The number of carbonyl (C=O) groups is 1. The molecule has 0 heterocycles. The molecular weight excluding hydrogens is 244 g/mol. The van der Waals surface area contributed by atoms with E-state index in [4.69, 9.17) is 0 Å². The Morgan fingerprint density at radius 2 is 1.50 bits per heavy atom. The van der Waals surface area contributed by atoms with Gasteiger partial charge in [-0.2, -0.15) is 0 Å². The van der Waals surface area contributed by atoms with Gasteiger partial charge in [0, 0.05) is 12.0 Å². The van der Waals surface area contributed by atoms with Gasteiger partial charge in [-0.15, -0.1) is 0 Å². The van der Waals surface area contributed by atoms with Crippen molar-refractivity contribution < 1.29 is 4.79 Å². The summed E-state index contributed by atoms with van der Waals surface area (Å²) in [5, 5.41) is 2.18. The van der Waals surface area contributed by atoms with Crippen molar-refractivity contribution >= 4 is 16.6 Å². The van der Waals surface area contributed by atoms with Crippen LogP contribution in [0.2, 0.25) is 0 Å². The number of fused-ring (bicyclic) bond motifs is 1. The van der Waals surface area contributed by atoms with E-state index in [1.807, 2.05) is 49.4 Å². The molecule has 0 aromatic heterocycles. The fourth-order valence-corrected chi connectivity index (χ4v) is 2.61. The van der Waals surface area contributed by atoms with Crippen LogP contribution in [0, 0.1) is 0 Å². The second-order valence-electron chi connectivity index (χ2n) is 4.85. The van der Waals surface area contributed by atoms with Crippen LogP contribution in [0.4, 0.5) is 0 Å². The normalized spacial score (nSPS) is 10.7. The van der Waals surface area contributed by atoms with Gasteiger partial charge in [-0.25, -0.2) is 0 Å². The highest BCUT2D eigenvalue weighted by Crippen LogP contribution is 2.30. The van der Waals surface area contributed by atoms with Crippen LogP contribution in [-0.4, -0.2) is 5.78 Å². The predicted octanol–water partition coefficient (Wildman–Crippen LogP) is 5.10. The van der Waals surface area contributed by atoms with Crippen molar-refractivity contribution in [1.82, 2.24) is 0 Å². The van der Waals surface area contributed by atoms with Gasteiger partial charge in [0.25, 0.3) is 0 Å². The molecule has 0 unspecified atom stereocenters. The Morgan fingerprint density at radius 3 is 2.25 bits per heavy atom. The number of benzene rings is 3. The summed E-state index contributed by atoms with van der Waals surface area (Å²) < 4.78 is 0. The van der Waals surface area contributed by atoms with Gasteiger partial charge in [0.05, 0.1) is 0 Å². The molecule has 1 heteroatoms. The summed E-state index contributed by atoms with van der Waals surface area (Å²) in [6.07, 6.45) is 0.536. The summed E-state index contributed by atoms with van der Waals surface area (Å²) in [4.78, 5) is 12.1. The van der Waals surface area contributed by atoms with E-state index in [0.717, 1.165) is 16.3 Å². The highest BCUT2D eigenvalue weighted by atomic mass is 16.1. The smallest absolute Gasteiger partial charge is 0.163 e. The maximum atomic E-state index is 12.1. The Hall–Kier alpha value is -2.41. The Bertz CT molecular complexity index is 757. The maximum absolute atomic E-state index is 12.1. The molecule has 0 radical (unpaired) electrons. The molecule has 0 saturated heterocycles. The lowest BCUT2D eigenvalue weighted by atomic mass is 9.94. The average Bonchev–Trinajstić information content (AvgIpc) is 2.54. The third kappa shape index (κ3) is 2.12. The summed E-state index contributed by atoms with van der Waals surface area (Å²) in [6, 6.07) is 22.4. The quantitative estimate of drug-likeness (QED) is 0.599. The Balaban J connectivity index is 2.29. The van der Waals surface area contributed by atoms with Crippen LogP contribution in [0.5, 0.6) is 0 Å². The first-order valence-electron chi connectivity index (χ1n) is 6.91. The number of hydrogen-bond acceptors (Lipinski definition) is 1. The lowest BCUT2D eigenvalue weighted by Gasteiger charge is -2.09. The van der Waals surface area contributed by atoms with Crippen molar-refractivity contribution in [2.24, 2.45) is 0 Å². The number of Topliss-reactive ketones (excluding diaryl/α,β-unsaturated/α-hetero) is 1. The molecule has 0 spiro atoms. The first-order chi connectivity index (χ1) is 9.81. The lowest BCUT2D eigenvalue weighted by molar-refractivity contribution is 0.0990. The van der Waals surface area contributed by atoms with E-state index in [9.17, 15) is 4.79 Å². The molecule has 3 rings (SSSR count). The zero-order valence-electron chi connectivity index (χ0n) is 11.5. The third-order valence-corrected chi connectivity index (χ3v) is 3.63. The van der Waals surface area contributed by atoms with E-state index < -0.39 is 0 Å². The lowest BCUT2D eigenvalue weighted by Crippen LogP contribution is -1.97. The molecule has 0 aliphatic heterocycles. The van der Waals surface area contributed by atoms with Crippen molar-refractivity contribution in [3.05, 3.63) is 72.3 Å². The van der Waals surface area contributed by atoms with Gasteiger partial charge in [0.15, 0.2) is 5.78 Å². The second-order valence-corrected chi connectivity index (χ2v) is 4.85. The van der Waals surface area contributed by atoms with Crippen molar-refractivity contribution in [3.8, 4) is 11.1 Å². The van der Waals surface area contributed by atoms with Gasteiger partial charge >= 0.3 is 0 Å². The van der Waals surface area contributed by atoms with E-state index in [2.05, 4.69) is 24.3 Å². The molecule has 0 fully saturated rings. The second kappa shape index (κ2) is 5.30. The standard InChI is InChI=1S/C19H16O/c1-2-19(20)18-13-7-11-16-15(10-6-12-17(16)18)14-8-4-3-5-9-14/h3-13H,2H2,1H3. The fourth-order valence-electron chi connectivity index (χ4n) is 2.61. The summed E-state index contributed by atoms with van der Waals surface area (Å²) in [7, 11) is 0. The van der Waals surface area contributed by atoms with Gasteiger partial charge in [-0.05, 0) is 21.9 Å². The minimum Gasteiger partial charge on any atom is -0.294 e. The van der Waals surface area contributed by atoms with Crippen LogP contribution in [0.1, 0.15) is 23.7 Å². The largest absolute Gasteiger partial charge is 0.294 e. The molecule has 0 amide bonds. The van der Waals surface area contributed by atoms with Crippen LogP contribution < -0.4 is 0 Å². The van der Waals surface area contributed by atoms with Crippen molar-refractivity contribution in [2.75, 3.05) is 0 Å². The van der Waals surface area contributed by atoms with E-state index >= 15 is 0 Å². The molecule has 0 bridgehead atoms. The molecule has 0 aliphatic rings. The molecule has 3 aromatic rings. The molecule has 0 N–H and O–H groups in total. The Morgan fingerprint density at radius 1 is 0.800 bits per heavy atom. The molecule has 98 valence electrons. The topological polar surface area (TPSA) is 17.1 Å². The maximum Gasteiger partial charge on any atom is 0.163 e. The summed E-state index contributed by atoms with van der Waals surface area (Å²) >= 11 is 0. The molecule has 20 heavy (non-hydrogen) atoms. The fraction of sp³-hybridized carbons (Fsp3) is 0.105. The average molecular weight is 260 g/mol. The molecule has 1 nitrogen and oxygen atoms in total. The number of rotatable bonds is 3. The monoisotopic (exact) mass is 260 g/mol. The highest BCUT2D eigenvalue weighted by molar-refractivity contribution is 6.11. The van der Waals surface area contributed by atoms with E-state index in [1.165, 1.54) is 11.1 Å². The van der Waals surface area contributed by atoms with Gasteiger partial charge in [-0.1, -0.05) is 73.7 Å². The molecule has 0 aliphatic carbocycles. The van der Waals surface area contributed by atoms with Gasteiger partial charge in [0.2, 0.25) is 0 Å². The minimum atomic E-state index is 0.195. The Kier molecular flexibility index (Phi) is 3.34. The summed E-state index contributed by atoms with van der Waals surface area (Å²) in [5.41, 5.74) is 3.18. The first kappa shape index (κ1) is 12.6. The van der Waals surface area contributed by atoms with Crippen LogP contribution in [-0.2, 0) is 0 Å². The summed E-state index contributed by atoms with van der Waals surface area (Å²) in [5.74, 6) is 0.195.